The summed E-state index contributed by atoms with van der Waals surface area (Å²) in [6.07, 6.45) is 1.09. The molecule has 2 rings (SSSR count). The summed E-state index contributed by atoms with van der Waals surface area (Å²) in [5.74, 6) is 0.985. The predicted octanol–water partition coefficient (Wildman–Crippen LogP) is 4.31. The highest BCUT2D eigenvalue weighted by Crippen LogP contribution is 2.34. The average molecular weight is 221 g/mol. The molecule has 1 aromatic carbocycles. The molecule has 15 heavy (non-hydrogen) atoms. The molecule has 0 radical (unpaired) electrons. The molecule has 0 spiro atoms. The summed E-state index contributed by atoms with van der Waals surface area (Å²) in [5.41, 5.74) is 3.70. The second kappa shape index (κ2) is 5.86. The fourth-order valence-corrected chi connectivity index (χ4v) is 2.24. The minimum absolute atomic E-state index is 0.985. The summed E-state index contributed by atoms with van der Waals surface area (Å²) < 4.78 is 0. The van der Waals surface area contributed by atoms with Gasteiger partial charge in [-0.3, -0.25) is 0 Å². The first-order valence-corrected chi connectivity index (χ1v) is 6.48. The lowest BCUT2D eigenvalue weighted by atomic mass is 10.1. The third kappa shape index (κ3) is 3.03. The largest absolute Gasteiger partial charge is 0.358 e. The van der Waals surface area contributed by atoms with E-state index in [0.29, 0.717) is 0 Å². The van der Waals surface area contributed by atoms with Gasteiger partial charge in [0, 0.05) is 16.3 Å². The lowest BCUT2D eigenvalue weighted by molar-refractivity contribution is 1.13. The van der Waals surface area contributed by atoms with Gasteiger partial charge in [-0.05, 0) is 24.1 Å². The molecule has 1 aromatic rings. The molecule has 1 N–H and O–H groups in total. The van der Waals surface area contributed by atoms with Crippen LogP contribution in [0.25, 0.3) is 0 Å². The highest BCUT2D eigenvalue weighted by molar-refractivity contribution is 7.99. The quantitative estimate of drug-likeness (QED) is 0.758. The molecule has 0 atom stereocenters. The van der Waals surface area contributed by atoms with Crippen molar-refractivity contribution in [1.82, 2.24) is 0 Å². The number of benzene rings is 1. The van der Waals surface area contributed by atoms with Crippen LogP contribution in [0.4, 0.5) is 5.69 Å². The molecule has 82 valence electrons. The van der Waals surface area contributed by atoms with Gasteiger partial charge in [0.05, 0.1) is 5.69 Å². The van der Waals surface area contributed by atoms with E-state index in [2.05, 4.69) is 37.0 Å². The molecule has 1 aliphatic rings. The molecule has 0 unspecified atom stereocenters. The van der Waals surface area contributed by atoms with Crippen molar-refractivity contribution in [2.75, 3.05) is 11.1 Å². The van der Waals surface area contributed by atoms with Crippen LogP contribution in [-0.2, 0) is 6.42 Å². The number of fused-ring (bicyclic) bond motifs is 1. The standard InChI is InChI=1S/C11H13NS.C2H6/c1-3-9-4-5-11-10(6-9)12-8(2)7-13-11;1-2/h4-6,12H,2-3,7H2,1H3;1-2H3. The summed E-state index contributed by atoms with van der Waals surface area (Å²) in [5, 5.41) is 3.32. The van der Waals surface area contributed by atoms with Crippen LogP contribution in [0.15, 0.2) is 35.4 Å². The lowest BCUT2D eigenvalue weighted by Gasteiger charge is -2.19. The van der Waals surface area contributed by atoms with E-state index in [9.17, 15) is 0 Å². The van der Waals surface area contributed by atoms with E-state index in [1.807, 2.05) is 25.6 Å². The Kier molecular flexibility index (Phi) is 4.76. The summed E-state index contributed by atoms with van der Waals surface area (Å²) in [6, 6.07) is 6.60. The molecule has 0 amide bonds. The fourth-order valence-electron chi connectivity index (χ4n) is 1.41. The minimum atomic E-state index is 0.985. The van der Waals surface area contributed by atoms with Crippen molar-refractivity contribution >= 4 is 17.4 Å². The second-order valence-electron chi connectivity index (χ2n) is 3.20. The zero-order chi connectivity index (χ0) is 11.3. The van der Waals surface area contributed by atoms with Crippen molar-refractivity contribution < 1.29 is 0 Å². The lowest BCUT2D eigenvalue weighted by Crippen LogP contribution is -2.07. The Hall–Kier alpha value is -0.890. The van der Waals surface area contributed by atoms with Gasteiger partial charge in [0.15, 0.2) is 0 Å². The zero-order valence-electron chi connectivity index (χ0n) is 9.76. The van der Waals surface area contributed by atoms with Crippen LogP contribution in [0.1, 0.15) is 26.3 Å². The molecular weight excluding hydrogens is 202 g/mol. The predicted molar refractivity (Wildman–Crippen MR) is 70.7 cm³/mol. The van der Waals surface area contributed by atoms with Gasteiger partial charge >= 0.3 is 0 Å². The van der Waals surface area contributed by atoms with Gasteiger partial charge in [-0.25, -0.2) is 0 Å². The maximum atomic E-state index is 3.94. The maximum Gasteiger partial charge on any atom is 0.0522 e. The fraction of sp³-hybridized carbons (Fsp3) is 0.385. The molecule has 0 fully saturated rings. The van der Waals surface area contributed by atoms with Gasteiger partial charge in [-0.1, -0.05) is 33.4 Å². The van der Waals surface area contributed by atoms with Crippen LogP contribution in [0.5, 0.6) is 0 Å². The monoisotopic (exact) mass is 221 g/mol. The maximum absolute atomic E-state index is 3.94. The van der Waals surface area contributed by atoms with Crippen molar-refractivity contribution in [3.8, 4) is 0 Å². The SMILES string of the molecule is C=C1CSc2ccc(CC)cc2N1.CC. The highest BCUT2D eigenvalue weighted by atomic mass is 32.2. The van der Waals surface area contributed by atoms with Gasteiger partial charge < -0.3 is 5.32 Å². The number of nitrogens with one attached hydrogen (secondary N) is 1. The topological polar surface area (TPSA) is 12.0 Å². The normalized spacial score (nSPS) is 13.4. The third-order valence-corrected chi connectivity index (χ3v) is 3.33. The smallest absolute Gasteiger partial charge is 0.0522 e. The molecule has 1 heterocycles. The van der Waals surface area contributed by atoms with Crippen LogP contribution in [0.2, 0.25) is 0 Å². The molecular formula is C13H19NS. The van der Waals surface area contributed by atoms with Crippen molar-refractivity contribution in [3.05, 3.63) is 36.0 Å². The molecule has 1 aliphatic heterocycles. The summed E-state index contributed by atoms with van der Waals surface area (Å²) in [7, 11) is 0. The van der Waals surface area contributed by atoms with E-state index in [4.69, 9.17) is 0 Å². The molecule has 0 aromatic heterocycles. The first-order chi connectivity index (χ1) is 7.29. The van der Waals surface area contributed by atoms with Crippen LogP contribution < -0.4 is 5.32 Å². The number of rotatable bonds is 1. The number of thioether (sulfide) groups is 1. The summed E-state index contributed by atoms with van der Waals surface area (Å²) in [4.78, 5) is 1.34. The number of anilines is 1. The van der Waals surface area contributed by atoms with Crippen LogP contribution in [0, 0.1) is 0 Å². The average Bonchev–Trinajstić information content (AvgIpc) is 2.30. The van der Waals surface area contributed by atoms with Crippen molar-refractivity contribution in [3.63, 3.8) is 0 Å². The van der Waals surface area contributed by atoms with E-state index in [-0.39, 0.29) is 0 Å². The Balaban J connectivity index is 0.000000531. The van der Waals surface area contributed by atoms with E-state index in [0.717, 1.165) is 17.9 Å². The molecule has 2 heteroatoms. The van der Waals surface area contributed by atoms with Gasteiger partial charge in [-0.15, -0.1) is 11.8 Å². The highest BCUT2D eigenvalue weighted by Gasteiger charge is 2.10. The number of aryl methyl sites for hydroxylation is 1. The molecule has 1 nitrogen and oxygen atoms in total. The third-order valence-electron chi connectivity index (χ3n) is 2.17. The van der Waals surface area contributed by atoms with Gasteiger partial charge in [0.2, 0.25) is 0 Å². The molecule has 0 saturated heterocycles. The Morgan fingerprint density at radius 3 is 2.80 bits per heavy atom. The van der Waals surface area contributed by atoms with Crippen molar-refractivity contribution in [2.24, 2.45) is 0 Å². The van der Waals surface area contributed by atoms with Gasteiger partial charge in [-0.2, -0.15) is 0 Å². The van der Waals surface area contributed by atoms with Crippen LogP contribution in [-0.4, -0.2) is 5.75 Å². The van der Waals surface area contributed by atoms with E-state index < -0.39 is 0 Å². The van der Waals surface area contributed by atoms with E-state index in [1.165, 1.54) is 16.1 Å². The minimum Gasteiger partial charge on any atom is -0.358 e. The Labute approximate surface area is 97.0 Å². The summed E-state index contributed by atoms with van der Waals surface area (Å²) >= 11 is 1.85. The van der Waals surface area contributed by atoms with Crippen molar-refractivity contribution in [1.29, 1.82) is 0 Å². The first kappa shape index (κ1) is 12.2. The van der Waals surface area contributed by atoms with Crippen LogP contribution >= 0.6 is 11.8 Å². The molecule has 0 aliphatic carbocycles. The van der Waals surface area contributed by atoms with E-state index in [1.54, 1.807) is 0 Å². The van der Waals surface area contributed by atoms with Crippen LogP contribution in [0.3, 0.4) is 0 Å². The first-order valence-electron chi connectivity index (χ1n) is 5.50. The van der Waals surface area contributed by atoms with Crippen molar-refractivity contribution in [2.45, 2.75) is 32.1 Å². The summed E-state index contributed by atoms with van der Waals surface area (Å²) in [6.45, 7) is 10.1. The van der Waals surface area contributed by atoms with E-state index >= 15 is 0 Å². The second-order valence-corrected chi connectivity index (χ2v) is 4.22. The Bertz CT molecular complexity index is 344. The van der Waals surface area contributed by atoms with Gasteiger partial charge in [0.1, 0.15) is 0 Å². The Morgan fingerprint density at radius 2 is 2.13 bits per heavy atom. The number of hydrogen-bond donors (Lipinski definition) is 1. The molecule has 0 saturated carbocycles. The van der Waals surface area contributed by atoms with Gasteiger partial charge in [0.25, 0.3) is 0 Å². The molecule has 0 bridgehead atoms. The Morgan fingerprint density at radius 1 is 1.40 bits per heavy atom. The number of hydrogen-bond acceptors (Lipinski definition) is 2. The zero-order valence-corrected chi connectivity index (χ0v) is 10.6.